The number of ether oxygens (including phenoxy) is 1. The van der Waals surface area contributed by atoms with E-state index >= 15 is 0 Å². The van der Waals surface area contributed by atoms with E-state index in [0.717, 1.165) is 32.9 Å². The van der Waals surface area contributed by atoms with Gasteiger partial charge in [-0.25, -0.2) is 4.68 Å². The summed E-state index contributed by atoms with van der Waals surface area (Å²) in [6.07, 6.45) is 3.14. The molecule has 0 saturated heterocycles. The number of para-hydroxylation sites is 1. The van der Waals surface area contributed by atoms with Crippen molar-refractivity contribution in [3.8, 4) is 5.75 Å². The molecule has 0 fully saturated rings. The third-order valence-electron chi connectivity index (χ3n) is 6.63. The van der Waals surface area contributed by atoms with Crippen LogP contribution in [0.4, 0.5) is 0 Å². The molecule has 2 aromatic carbocycles. The highest BCUT2D eigenvalue weighted by Gasteiger charge is 2.35. The number of aromatic amines is 1. The lowest BCUT2D eigenvalue weighted by atomic mass is 9.95. The number of aliphatic hydroxyl groups is 2. The molecule has 188 valence electrons. The Balaban J connectivity index is 1.53. The average molecular weight is 501 g/mol. The minimum absolute atomic E-state index is 0.279. The van der Waals surface area contributed by atoms with Gasteiger partial charge in [0.15, 0.2) is 0 Å². The van der Waals surface area contributed by atoms with Gasteiger partial charge in [0.05, 0.1) is 19.9 Å². The first-order valence-electron chi connectivity index (χ1n) is 11.6. The number of hydrogen-bond donors (Lipinski definition) is 5. The molecule has 0 spiro atoms. The molecule has 2 unspecified atom stereocenters. The average Bonchev–Trinajstić information content (AvgIpc) is 3.64. The maximum Gasteiger partial charge on any atom is 0.325 e. The summed E-state index contributed by atoms with van der Waals surface area (Å²) >= 11 is 0. The molecular weight excluding hydrogens is 476 g/mol. The first-order chi connectivity index (χ1) is 17.9. The Kier molecular flexibility index (Phi) is 5.52. The fraction of sp³-hybridized carbons (Fsp3) is 0.192. The number of methoxy groups -OCH3 is 1. The van der Waals surface area contributed by atoms with Gasteiger partial charge in [0.1, 0.15) is 30.4 Å². The van der Waals surface area contributed by atoms with Crippen molar-refractivity contribution in [3.63, 3.8) is 0 Å². The van der Waals surface area contributed by atoms with Crippen molar-refractivity contribution >= 4 is 38.9 Å². The second-order valence-corrected chi connectivity index (χ2v) is 8.90. The van der Waals surface area contributed by atoms with Gasteiger partial charge in [-0.1, -0.05) is 23.4 Å². The summed E-state index contributed by atoms with van der Waals surface area (Å²) in [5.74, 6) is -0.357. The highest BCUT2D eigenvalue weighted by atomic mass is 16.5. The summed E-state index contributed by atoms with van der Waals surface area (Å²) < 4.78 is 8.70. The van der Waals surface area contributed by atoms with E-state index in [9.17, 15) is 15.0 Å². The maximum atomic E-state index is 11.1. The van der Waals surface area contributed by atoms with E-state index in [1.54, 1.807) is 13.3 Å². The molecule has 3 aromatic heterocycles. The first-order valence-corrected chi connectivity index (χ1v) is 11.6. The molecule has 1 aliphatic heterocycles. The number of carboxylic acids is 1. The van der Waals surface area contributed by atoms with Crippen molar-refractivity contribution in [2.45, 2.75) is 25.5 Å². The lowest BCUT2D eigenvalue weighted by Crippen LogP contribution is -2.31. The van der Waals surface area contributed by atoms with E-state index in [2.05, 4.69) is 20.6 Å². The zero-order valence-corrected chi connectivity index (χ0v) is 19.8. The Labute approximate surface area is 210 Å². The molecule has 2 atom stereocenters. The second-order valence-electron chi connectivity index (χ2n) is 8.90. The zero-order chi connectivity index (χ0) is 25.7. The molecule has 37 heavy (non-hydrogen) atoms. The van der Waals surface area contributed by atoms with E-state index < -0.39 is 18.4 Å². The number of nitrogens with one attached hydrogen (secondary N) is 2. The molecule has 4 heterocycles. The molecule has 0 bridgehead atoms. The second kappa shape index (κ2) is 8.89. The summed E-state index contributed by atoms with van der Waals surface area (Å²) in [4.78, 5) is 14.3. The number of fused-ring (bicyclic) bond motifs is 2. The number of aliphatic hydroxyl groups excluding tert-OH is 2. The minimum atomic E-state index is -1.11. The number of aromatic nitrogens is 5. The predicted molar refractivity (Wildman–Crippen MR) is 136 cm³/mol. The lowest BCUT2D eigenvalue weighted by molar-refractivity contribution is -0.137. The molecule has 11 nitrogen and oxygen atoms in total. The summed E-state index contributed by atoms with van der Waals surface area (Å²) in [5.41, 5.74) is 5.01. The van der Waals surface area contributed by atoms with Gasteiger partial charge in [0.25, 0.3) is 0 Å². The number of nitrogens with zero attached hydrogens (tertiary/aromatic N) is 4. The molecule has 0 aliphatic carbocycles. The van der Waals surface area contributed by atoms with Crippen molar-refractivity contribution in [2.75, 3.05) is 7.11 Å². The largest absolute Gasteiger partial charge is 0.497 e. The molecular formula is C26H24N6O5. The highest BCUT2D eigenvalue weighted by Crippen LogP contribution is 2.41. The van der Waals surface area contributed by atoms with Gasteiger partial charge in [-0.2, -0.15) is 0 Å². The van der Waals surface area contributed by atoms with Crippen LogP contribution in [0.25, 0.3) is 33.0 Å². The van der Waals surface area contributed by atoms with E-state index in [1.165, 1.54) is 4.68 Å². The summed E-state index contributed by atoms with van der Waals surface area (Å²) in [7, 11) is 1.59. The van der Waals surface area contributed by atoms with Crippen LogP contribution in [-0.2, 0) is 17.9 Å². The van der Waals surface area contributed by atoms with E-state index in [-0.39, 0.29) is 6.54 Å². The molecule has 0 radical (unpaired) electrons. The van der Waals surface area contributed by atoms with Crippen LogP contribution in [0.15, 0.2) is 61.1 Å². The van der Waals surface area contributed by atoms with Gasteiger partial charge in [-0.15, -0.1) is 5.10 Å². The number of hydrogen-bond acceptors (Lipinski definition) is 7. The van der Waals surface area contributed by atoms with Crippen molar-refractivity contribution in [1.82, 2.24) is 29.9 Å². The molecule has 1 aliphatic rings. The fourth-order valence-electron chi connectivity index (χ4n) is 5.04. The Bertz CT molecular complexity index is 1680. The van der Waals surface area contributed by atoms with Crippen molar-refractivity contribution in [1.29, 1.82) is 0 Å². The number of rotatable bonds is 7. The van der Waals surface area contributed by atoms with Crippen LogP contribution in [0.1, 0.15) is 16.8 Å². The molecule has 11 heteroatoms. The monoisotopic (exact) mass is 500 g/mol. The SMILES string of the molecule is COc1ccc2c(c1)c(C1=C(c3c[nH]c4ccccc34)C(O)NC1O)cn2Cc1cn(CC(=O)O)nn1. The van der Waals surface area contributed by atoms with E-state index in [0.29, 0.717) is 29.1 Å². The topological polar surface area (TPSA) is 150 Å². The Hall–Kier alpha value is -4.45. The van der Waals surface area contributed by atoms with Gasteiger partial charge in [0, 0.05) is 56.5 Å². The van der Waals surface area contributed by atoms with Crippen molar-refractivity contribution < 1.29 is 24.9 Å². The smallest absolute Gasteiger partial charge is 0.325 e. The number of aliphatic carboxylic acids is 1. The van der Waals surface area contributed by atoms with Crippen LogP contribution in [0.3, 0.4) is 0 Å². The van der Waals surface area contributed by atoms with Crippen LogP contribution in [0.2, 0.25) is 0 Å². The molecule has 0 amide bonds. The number of carboxylic acid groups (broad SMARTS) is 1. The van der Waals surface area contributed by atoms with E-state index in [4.69, 9.17) is 9.84 Å². The van der Waals surface area contributed by atoms with Crippen LogP contribution in [0.5, 0.6) is 5.75 Å². The van der Waals surface area contributed by atoms with Gasteiger partial charge in [-0.3, -0.25) is 10.1 Å². The Morgan fingerprint density at radius 1 is 1.05 bits per heavy atom. The number of carbonyl (C=O) groups is 1. The standard InChI is InChI=1S/C26H24N6O5/c1-37-15-6-7-21-17(8-15)19(12-31(21)10-14-11-32(30-29-14)13-22(33)34)24-23(25(35)28-26(24)36)18-9-27-20-5-3-2-4-16(18)20/h2-9,11-12,25-28,35-36H,10,13H2,1H3,(H,33,34). The van der Waals surface area contributed by atoms with Gasteiger partial charge >= 0.3 is 5.97 Å². The van der Waals surface area contributed by atoms with Gasteiger partial charge in [0.2, 0.25) is 0 Å². The first kappa shape index (κ1) is 23.0. The maximum absolute atomic E-state index is 11.1. The van der Waals surface area contributed by atoms with Crippen LogP contribution in [-0.4, -0.2) is 65.4 Å². The van der Waals surface area contributed by atoms with E-state index in [1.807, 2.05) is 59.4 Å². The third kappa shape index (κ3) is 3.95. The predicted octanol–water partition coefficient (Wildman–Crippen LogP) is 2.01. The lowest BCUT2D eigenvalue weighted by Gasteiger charge is -2.10. The van der Waals surface area contributed by atoms with Crippen molar-refractivity contribution in [3.05, 3.63) is 77.9 Å². The fourth-order valence-corrected chi connectivity index (χ4v) is 5.04. The van der Waals surface area contributed by atoms with Crippen LogP contribution >= 0.6 is 0 Å². The summed E-state index contributed by atoms with van der Waals surface area (Å²) in [6, 6.07) is 13.4. The minimum Gasteiger partial charge on any atom is -0.497 e. The quantitative estimate of drug-likeness (QED) is 0.228. The van der Waals surface area contributed by atoms with Crippen molar-refractivity contribution in [2.24, 2.45) is 0 Å². The molecule has 6 rings (SSSR count). The van der Waals surface area contributed by atoms with Crippen LogP contribution in [0, 0.1) is 0 Å². The third-order valence-corrected chi connectivity index (χ3v) is 6.63. The number of H-pyrrole nitrogens is 1. The normalized spacial score (nSPS) is 17.8. The van der Waals surface area contributed by atoms with Crippen LogP contribution < -0.4 is 10.1 Å². The number of benzene rings is 2. The van der Waals surface area contributed by atoms with Gasteiger partial charge < -0.3 is 29.6 Å². The highest BCUT2D eigenvalue weighted by molar-refractivity contribution is 6.08. The Morgan fingerprint density at radius 2 is 1.84 bits per heavy atom. The summed E-state index contributed by atoms with van der Waals surface area (Å²) in [6.45, 7) is 0.0444. The molecule has 5 aromatic rings. The molecule has 5 N–H and O–H groups in total. The molecule has 0 saturated carbocycles. The zero-order valence-electron chi connectivity index (χ0n) is 19.8. The Morgan fingerprint density at radius 3 is 2.62 bits per heavy atom. The van der Waals surface area contributed by atoms with Gasteiger partial charge in [-0.05, 0) is 24.3 Å². The summed E-state index contributed by atoms with van der Waals surface area (Å²) in [5, 5.41) is 43.7.